The van der Waals surface area contributed by atoms with Gasteiger partial charge in [-0.1, -0.05) is 45.4 Å². The van der Waals surface area contributed by atoms with E-state index in [0.29, 0.717) is 37.5 Å². The second-order valence-corrected chi connectivity index (χ2v) is 10.2. The third-order valence-electron chi connectivity index (χ3n) is 7.80. The molecule has 0 saturated heterocycles. The van der Waals surface area contributed by atoms with Crippen LogP contribution in [0.15, 0.2) is 11.6 Å². The van der Waals surface area contributed by atoms with Crippen molar-refractivity contribution in [2.45, 2.75) is 86.2 Å². The van der Waals surface area contributed by atoms with Gasteiger partial charge < -0.3 is 14.9 Å². The second-order valence-electron chi connectivity index (χ2n) is 9.86. The van der Waals surface area contributed by atoms with E-state index in [1.54, 1.807) is 13.0 Å². The molecule has 4 unspecified atom stereocenters. The van der Waals surface area contributed by atoms with E-state index < -0.39 is 6.10 Å². The first-order valence-electron chi connectivity index (χ1n) is 12.0. The number of phenols is 2. The number of halogens is 1. The number of ketones is 1. The first kappa shape index (κ1) is 27.9. The average Bonchev–Trinajstić information content (AvgIpc) is 2.79. The van der Waals surface area contributed by atoms with Gasteiger partial charge in [-0.05, 0) is 62.0 Å². The number of hydrogen-bond acceptors (Lipinski definition) is 6. The van der Waals surface area contributed by atoms with E-state index in [2.05, 4.69) is 13.8 Å². The predicted octanol–water partition coefficient (Wildman–Crippen LogP) is 6.10. The monoisotopic (exact) mass is 492 g/mol. The van der Waals surface area contributed by atoms with Crippen LogP contribution in [0.2, 0.25) is 5.02 Å². The Balaban J connectivity index is 2.42. The number of phenolic OH excluding ortho intramolecular Hbond substituents is 2. The van der Waals surface area contributed by atoms with Crippen LogP contribution in [0.4, 0.5) is 0 Å². The molecule has 0 spiro atoms. The van der Waals surface area contributed by atoms with Gasteiger partial charge in [-0.3, -0.25) is 14.4 Å². The minimum atomic E-state index is -0.560. The topological polar surface area (TPSA) is 101 Å². The highest BCUT2D eigenvalue weighted by molar-refractivity contribution is 6.33. The lowest BCUT2D eigenvalue weighted by Crippen LogP contribution is -2.44. The fraction of sp³-hybridized carbons (Fsp3) is 0.593. The Morgan fingerprint density at radius 1 is 1.29 bits per heavy atom. The van der Waals surface area contributed by atoms with E-state index >= 15 is 0 Å². The molecule has 4 atom stereocenters. The third kappa shape index (κ3) is 5.65. The maximum absolute atomic E-state index is 12.5. The van der Waals surface area contributed by atoms with Crippen LogP contribution in [0, 0.1) is 24.2 Å². The van der Waals surface area contributed by atoms with E-state index in [1.165, 1.54) is 0 Å². The third-order valence-corrected chi connectivity index (χ3v) is 8.26. The highest BCUT2D eigenvalue weighted by Gasteiger charge is 2.45. The first-order chi connectivity index (χ1) is 15.9. The number of ether oxygens (including phenoxy) is 1. The molecule has 0 aromatic heterocycles. The molecule has 0 bridgehead atoms. The van der Waals surface area contributed by atoms with E-state index in [4.69, 9.17) is 16.3 Å². The van der Waals surface area contributed by atoms with E-state index in [9.17, 15) is 24.6 Å². The number of carbonyl (C=O) groups is 3. The summed E-state index contributed by atoms with van der Waals surface area (Å²) in [6.07, 6.45) is 4.62. The van der Waals surface area contributed by atoms with Crippen LogP contribution >= 0.6 is 11.6 Å². The molecular weight excluding hydrogens is 456 g/mol. The largest absolute Gasteiger partial charge is 0.507 e. The van der Waals surface area contributed by atoms with Crippen molar-refractivity contribution in [2.75, 3.05) is 0 Å². The number of Topliss-reactive ketones (excluding diaryl/α,β-unsaturated/α-hetero) is 1. The quantitative estimate of drug-likeness (QED) is 0.245. The van der Waals surface area contributed by atoms with Gasteiger partial charge in [-0.15, -0.1) is 0 Å². The summed E-state index contributed by atoms with van der Waals surface area (Å²) in [5.74, 6) is -0.553. The summed E-state index contributed by atoms with van der Waals surface area (Å²) >= 11 is 6.17. The van der Waals surface area contributed by atoms with Gasteiger partial charge in [-0.2, -0.15) is 0 Å². The van der Waals surface area contributed by atoms with Crippen LogP contribution in [0.5, 0.6) is 11.5 Å². The molecule has 1 saturated carbocycles. The molecule has 2 rings (SSSR count). The van der Waals surface area contributed by atoms with Crippen molar-refractivity contribution in [1.82, 2.24) is 0 Å². The molecule has 0 aliphatic heterocycles. The lowest BCUT2D eigenvalue weighted by molar-refractivity contribution is -0.150. The van der Waals surface area contributed by atoms with E-state index in [1.807, 2.05) is 20.8 Å². The highest BCUT2D eigenvalue weighted by atomic mass is 35.5. The fourth-order valence-corrected chi connectivity index (χ4v) is 5.02. The van der Waals surface area contributed by atoms with Gasteiger partial charge >= 0.3 is 5.97 Å². The molecule has 1 aliphatic rings. The Morgan fingerprint density at radius 3 is 2.53 bits per heavy atom. The summed E-state index contributed by atoms with van der Waals surface area (Å²) in [5, 5.41) is 21.0. The summed E-state index contributed by atoms with van der Waals surface area (Å²) < 4.78 is 5.86. The lowest BCUT2D eigenvalue weighted by Gasteiger charge is -2.45. The number of carbonyl (C=O) groups excluding carboxylic acids is 3. The van der Waals surface area contributed by atoms with Crippen molar-refractivity contribution in [3.63, 3.8) is 0 Å². The number of aromatic hydroxyl groups is 2. The zero-order valence-corrected chi connectivity index (χ0v) is 21.8. The average molecular weight is 493 g/mol. The highest BCUT2D eigenvalue weighted by Crippen LogP contribution is 2.48. The Kier molecular flexibility index (Phi) is 9.35. The number of allylic oxidation sites excluding steroid dienone is 1. The molecule has 0 heterocycles. The van der Waals surface area contributed by atoms with E-state index in [-0.39, 0.29) is 63.1 Å². The van der Waals surface area contributed by atoms with Crippen LogP contribution in [-0.2, 0) is 20.7 Å². The summed E-state index contributed by atoms with van der Waals surface area (Å²) in [6.45, 7) is 11.5. The standard InChI is InChI=1S/C27H37ClO6/c1-7-8-23(31)34-22(13-27(6)16(3)10-12-21(30)18(27)5)15(2)9-11-19-25(32)20(14-29)17(4)24(28)26(19)33/h9,14,16,18,22,32-33H,7-8,10-13H2,1-6H3. The maximum Gasteiger partial charge on any atom is 0.306 e. The van der Waals surface area contributed by atoms with Gasteiger partial charge in [0.1, 0.15) is 23.4 Å². The minimum Gasteiger partial charge on any atom is -0.507 e. The number of benzene rings is 1. The summed E-state index contributed by atoms with van der Waals surface area (Å²) in [5.41, 5.74) is 0.873. The summed E-state index contributed by atoms with van der Waals surface area (Å²) in [7, 11) is 0. The molecule has 188 valence electrons. The molecule has 34 heavy (non-hydrogen) atoms. The van der Waals surface area contributed by atoms with Gasteiger partial charge in [0.15, 0.2) is 6.29 Å². The zero-order chi connectivity index (χ0) is 25.8. The van der Waals surface area contributed by atoms with Crippen molar-refractivity contribution in [3.8, 4) is 11.5 Å². The molecule has 0 radical (unpaired) electrons. The minimum absolute atomic E-state index is 0.0164. The van der Waals surface area contributed by atoms with Gasteiger partial charge in [0.05, 0.1) is 10.6 Å². The van der Waals surface area contributed by atoms with Crippen molar-refractivity contribution < 1.29 is 29.3 Å². The summed E-state index contributed by atoms with van der Waals surface area (Å²) in [6, 6.07) is 0. The molecule has 2 N–H and O–H groups in total. The van der Waals surface area contributed by atoms with Gasteiger partial charge in [0.25, 0.3) is 0 Å². The summed E-state index contributed by atoms with van der Waals surface area (Å²) in [4.78, 5) is 36.4. The van der Waals surface area contributed by atoms with Crippen molar-refractivity contribution in [1.29, 1.82) is 0 Å². The van der Waals surface area contributed by atoms with Gasteiger partial charge in [0, 0.05) is 24.3 Å². The molecule has 0 amide bonds. The molecule has 7 heteroatoms. The Bertz CT molecular complexity index is 982. The van der Waals surface area contributed by atoms with Crippen molar-refractivity contribution in [3.05, 3.63) is 33.4 Å². The Morgan fingerprint density at radius 2 is 1.94 bits per heavy atom. The molecular formula is C27H37ClO6. The second kappa shape index (κ2) is 11.4. The molecule has 1 aliphatic carbocycles. The molecule has 1 aromatic rings. The van der Waals surface area contributed by atoms with Crippen molar-refractivity contribution >= 4 is 29.6 Å². The number of rotatable bonds is 9. The van der Waals surface area contributed by atoms with Crippen molar-refractivity contribution in [2.24, 2.45) is 17.3 Å². The molecule has 1 aromatic carbocycles. The first-order valence-corrected chi connectivity index (χ1v) is 12.3. The van der Waals surface area contributed by atoms with Gasteiger partial charge in [-0.25, -0.2) is 0 Å². The lowest BCUT2D eigenvalue weighted by atomic mass is 9.59. The van der Waals surface area contributed by atoms with Crippen LogP contribution in [0.3, 0.4) is 0 Å². The maximum atomic E-state index is 12.5. The van der Waals surface area contributed by atoms with Crippen LogP contribution in [-0.4, -0.2) is 34.4 Å². The van der Waals surface area contributed by atoms with E-state index in [0.717, 1.165) is 12.0 Å². The predicted molar refractivity (Wildman–Crippen MR) is 132 cm³/mol. The fourth-order valence-electron chi connectivity index (χ4n) is 4.81. The molecule has 6 nitrogen and oxygen atoms in total. The van der Waals surface area contributed by atoms with Gasteiger partial charge in [0.2, 0.25) is 0 Å². The SMILES string of the molecule is CCCC(=O)OC(CC1(C)C(C)CCC(=O)C1C)C(C)=CCc1c(O)c(Cl)c(C)c(C=O)c1O. The zero-order valence-electron chi connectivity index (χ0n) is 21.0. The van der Waals surface area contributed by atoms with Crippen LogP contribution < -0.4 is 0 Å². The van der Waals surface area contributed by atoms with Crippen LogP contribution in [0.25, 0.3) is 0 Å². The Labute approximate surface area is 207 Å². The smallest absolute Gasteiger partial charge is 0.306 e. The number of aldehydes is 1. The molecule has 1 fully saturated rings. The normalized spacial score (nSPS) is 24.1. The number of hydrogen-bond donors (Lipinski definition) is 2. The number of esters is 1. The van der Waals surface area contributed by atoms with Crippen LogP contribution in [0.1, 0.15) is 88.2 Å². The Hall–Kier alpha value is -2.34.